The van der Waals surface area contributed by atoms with Crippen molar-refractivity contribution in [1.82, 2.24) is 15.1 Å². The number of halogens is 1. The van der Waals surface area contributed by atoms with E-state index in [2.05, 4.69) is 27.5 Å². The molecule has 0 radical (unpaired) electrons. The van der Waals surface area contributed by atoms with Crippen molar-refractivity contribution < 1.29 is 0 Å². The highest BCUT2D eigenvalue weighted by molar-refractivity contribution is 6.34. The van der Waals surface area contributed by atoms with E-state index in [1.807, 2.05) is 24.3 Å². The van der Waals surface area contributed by atoms with Gasteiger partial charge in [0, 0.05) is 17.3 Å². The first-order valence-corrected chi connectivity index (χ1v) is 7.45. The highest BCUT2D eigenvalue weighted by Gasteiger charge is 2.17. The Hall–Kier alpha value is -1.39. The van der Waals surface area contributed by atoms with Crippen LogP contribution in [0.1, 0.15) is 12.8 Å². The summed E-state index contributed by atoms with van der Waals surface area (Å²) in [6.07, 6.45) is 2.48. The molecule has 0 aliphatic carbocycles. The zero-order valence-electron chi connectivity index (χ0n) is 11.6. The van der Waals surface area contributed by atoms with Crippen molar-refractivity contribution in [2.45, 2.75) is 12.8 Å². The number of aromatic nitrogens is 2. The molecule has 1 fully saturated rings. The van der Waals surface area contributed by atoms with Crippen molar-refractivity contribution in [3.05, 3.63) is 29.4 Å². The average Bonchev–Trinajstić information content (AvgIpc) is 2.49. The van der Waals surface area contributed by atoms with E-state index >= 15 is 0 Å². The summed E-state index contributed by atoms with van der Waals surface area (Å²) in [6.45, 7) is 3.31. The van der Waals surface area contributed by atoms with Gasteiger partial charge in [-0.3, -0.25) is 0 Å². The van der Waals surface area contributed by atoms with E-state index in [1.54, 1.807) is 0 Å². The van der Waals surface area contributed by atoms with Crippen molar-refractivity contribution in [3.8, 4) is 0 Å². The van der Waals surface area contributed by atoms with Crippen LogP contribution >= 0.6 is 11.6 Å². The maximum atomic E-state index is 6.09. The molecule has 4 nitrogen and oxygen atoms in total. The number of hydrogen-bond acceptors (Lipinski definition) is 4. The van der Waals surface area contributed by atoms with Crippen molar-refractivity contribution in [2.24, 2.45) is 5.92 Å². The fraction of sp³-hybridized carbons (Fsp3) is 0.467. The number of likely N-dealkylation sites (tertiary alicyclic amines) is 1. The zero-order valence-corrected chi connectivity index (χ0v) is 12.4. The molecule has 0 saturated carbocycles. The van der Waals surface area contributed by atoms with Crippen molar-refractivity contribution in [1.29, 1.82) is 0 Å². The van der Waals surface area contributed by atoms with Crippen LogP contribution in [0, 0.1) is 5.92 Å². The molecule has 0 atom stereocenters. The first-order valence-electron chi connectivity index (χ1n) is 7.07. The molecule has 0 amide bonds. The molecule has 2 heterocycles. The standard InChI is InChI=1S/C15H19ClN4/c1-20-8-6-11(7-9-20)10-17-15-13-5-3-2-4-12(13)14(16)18-19-15/h2-5,11H,6-10H2,1H3,(H,17,19). The molecule has 0 bridgehead atoms. The molecule has 1 aromatic carbocycles. The SMILES string of the molecule is CN1CCC(CNc2nnc(Cl)c3ccccc23)CC1. The van der Waals surface area contributed by atoms with E-state index in [0.29, 0.717) is 11.1 Å². The molecular formula is C15H19ClN4. The van der Waals surface area contributed by atoms with Crippen LogP contribution in [0.4, 0.5) is 5.82 Å². The quantitative estimate of drug-likeness (QED) is 0.943. The first-order chi connectivity index (χ1) is 9.74. The van der Waals surface area contributed by atoms with Gasteiger partial charge in [0.05, 0.1) is 0 Å². The molecule has 1 N–H and O–H groups in total. The molecule has 3 rings (SSSR count). The van der Waals surface area contributed by atoms with Gasteiger partial charge in [-0.15, -0.1) is 10.2 Å². The largest absolute Gasteiger partial charge is 0.368 e. The Morgan fingerprint density at radius 1 is 1.20 bits per heavy atom. The molecule has 106 valence electrons. The second-order valence-corrected chi connectivity index (χ2v) is 5.87. The second-order valence-electron chi connectivity index (χ2n) is 5.51. The molecule has 1 aliphatic heterocycles. The summed E-state index contributed by atoms with van der Waals surface area (Å²) in [7, 11) is 2.18. The van der Waals surface area contributed by atoms with Crippen molar-refractivity contribution in [2.75, 3.05) is 32.0 Å². The van der Waals surface area contributed by atoms with Crippen LogP contribution in [0.5, 0.6) is 0 Å². The van der Waals surface area contributed by atoms with E-state index in [4.69, 9.17) is 11.6 Å². The van der Waals surface area contributed by atoms with Gasteiger partial charge in [0.25, 0.3) is 0 Å². The van der Waals surface area contributed by atoms with E-state index in [-0.39, 0.29) is 0 Å². The topological polar surface area (TPSA) is 41.0 Å². The maximum absolute atomic E-state index is 6.09. The lowest BCUT2D eigenvalue weighted by molar-refractivity contribution is 0.226. The monoisotopic (exact) mass is 290 g/mol. The normalized spacial score (nSPS) is 17.5. The fourth-order valence-electron chi connectivity index (χ4n) is 2.71. The average molecular weight is 291 g/mol. The highest BCUT2D eigenvalue weighted by Crippen LogP contribution is 2.26. The highest BCUT2D eigenvalue weighted by atomic mass is 35.5. The van der Waals surface area contributed by atoms with Gasteiger partial charge in [0.2, 0.25) is 0 Å². The minimum atomic E-state index is 0.463. The summed E-state index contributed by atoms with van der Waals surface area (Å²) < 4.78 is 0. The van der Waals surface area contributed by atoms with Gasteiger partial charge in [0.15, 0.2) is 11.0 Å². The third-order valence-electron chi connectivity index (χ3n) is 4.04. The number of rotatable bonds is 3. The van der Waals surface area contributed by atoms with Crippen LogP contribution in [0.15, 0.2) is 24.3 Å². The van der Waals surface area contributed by atoms with E-state index in [0.717, 1.165) is 23.1 Å². The van der Waals surface area contributed by atoms with Gasteiger partial charge in [-0.05, 0) is 38.9 Å². The van der Waals surface area contributed by atoms with Crippen LogP contribution < -0.4 is 5.32 Å². The number of piperidine rings is 1. The van der Waals surface area contributed by atoms with E-state index in [9.17, 15) is 0 Å². The summed E-state index contributed by atoms with van der Waals surface area (Å²) in [5, 5.41) is 14.1. The van der Waals surface area contributed by atoms with Crippen molar-refractivity contribution >= 4 is 28.2 Å². The first kappa shape index (κ1) is 13.6. The van der Waals surface area contributed by atoms with Gasteiger partial charge in [-0.1, -0.05) is 35.9 Å². The lowest BCUT2D eigenvalue weighted by atomic mass is 9.97. The third-order valence-corrected chi connectivity index (χ3v) is 4.32. The molecule has 5 heteroatoms. The van der Waals surface area contributed by atoms with Gasteiger partial charge < -0.3 is 10.2 Å². The number of nitrogens with one attached hydrogen (secondary N) is 1. The molecule has 0 spiro atoms. The molecule has 1 aliphatic rings. The fourth-order valence-corrected chi connectivity index (χ4v) is 2.91. The Bertz CT molecular complexity index is 593. The van der Waals surface area contributed by atoms with Crippen LogP contribution in [0.3, 0.4) is 0 Å². The Morgan fingerprint density at radius 3 is 2.65 bits per heavy atom. The summed E-state index contributed by atoms with van der Waals surface area (Å²) in [5.41, 5.74) is 0. The van der Waals surface area contributed by atoms with Gasteiger partial charge >= 0.3 is 0 Å². The van der Waals surface area contributed by atoms with Crippen LogP contribution in [0.2, 0.25) is 5.15 Å². The minimum Gasteiger partial charge on any atom is -0.368 e. The predicted molar refractivity (Wildman–Crippen MR) is 83.3 cm³/mol. The maximum Gasteiger partial charge on any atom is 0.159 e. The molecule has 1 saturated heterocycles. The lowest BCUT2D eigenvalue weighted by Crippen LogP contribution is -2.33. The van der Waals surface area contributed by atoms with E-state index in [1.165, 1.54) is 25.9 Å². The van der Waals surface area contributed by atoms with Crippen molar-refractivity contribution in [3.63, 3.8) is 0 Å². The Kier molecular flexibility index (Phi) is 4.03. The summed E-state index contributed by atoms with van der Waals surface area (Å²) >= 11 is 6.09. The molecule has 0 unspecified atom stereocenters. The van der Waals surface area contributed by atoms with Crippen LogP contribution in [-0.2, 0) is 0 Å². The number of benzene rings is 1. The smallest absolute Gasteiger partial charge is 0.159 e. The minimum absolute atomic E-state index is 0.463. The molecular weight excluding hydrogens is 272 g/mol. The number of nitrogens with zero attached hydrogens (tertiary/aromatic N) is 3. The second kappa shape index (κ2) is 5.94. The van der Waals surface area contributed by atoms with Gasteiger partial charge in [-0.25, -0.2) is 0 Å². The third kappa shape index (κ3) is 2.86. The number of hydrogen-bond donors (Lipinski definition) is 1. The summed E-state index contributed by atoms with van der Waals surface area (Å²) in [4.78, 5) is 2.38. The Labute approximate surface area is 124 Å². The zero-order chi connectivity index (χ0) is 13.9. The van der Waals surface area contributed by atoms with Gasteiger partial charge in [-0.2, -0.15) is 0 Å². The number of fused-ring (bicyclic) bond motifs is 1. The molecule has 20 heavy (non-hydrogen) atoms. The van der Waals surface area contributed by atoms with Crippen LogP contribution in [-0.4, -0.2) is 41.8 Å². The van der Waals surface area contributed by atoms with Gasteiger partial charge in [0.1, 0.15) is 0 Å². The summed E-state index contributed by atoms with van der Waals surface area (Å²) in [5.74, 6) is 1.55. The molecule has 2 aromatic rings. The number of anilines is 1. The Balaban J connectivity index is 1.73. The molecule has 1 aromatic heterocycles. The Morgan fingerprint density at radius 2 is 1.90 bits per heavy atom. The van der Waals surface area contributed by atoms with Crippen LogP contribution in [0.25, 0.3) is 10.8 Å². The predicted octanol–water partition coefficient (Wildman–Crippen LogP) is 3.04. The summed E-state index contributed by atoms with van der Waals surface area (Å²) in [6, 6.07) is 7.98. The van der Waals surface area contributed by atoms with E-state index < -0.39 is 0 Å². The lowest BCUT2D eigenvalue weighted by Gasteiger charge is -2.29.